The molecule has 2 heterocycles. The predicted octanol–water partition coefficient (Wildman–Crippen LogP) is 4.37. The van der Waals surface area contributed by atoms with Crippen LogP contribution < -0.4 is 10.6 Å². The number of amides is 1. The highest BCUT2D eigenvalue weighted by molar-refractivity contribution is 8.05. The van der Waals surface area contributed by atoms with Gasteiger partial charge >= 0.3 is 5.97 Å². The highest BCUT2D eigenvalue weighted by Gasteiger charge is 2.27. The molecule has 1 amide bonds. The Hall–Kier alpha value is -3.19. The molecule has 0 aliphatic carbocycles. The quantitative estimate of drug-likeness (QED) is 0.426. The number of benzene rings is 2. The van der Waals surface area contributed by atoms with Gasteiger partial charge in [-0.3, -0.25) is 9.59 Å². The molecule has 7 heteroatoms. The van der Waals surface area contributed by atoms with Crippen molar-refractivity contribution in [1.29, 1.82) is 0 Å². The van der Waals surface area contributed by atoms with Crippen molar-refractivity contribution >= 4 is 46.3 Å². The van der Waals surface area contributed by atoms with Gasteiger partial charge in [0.1, 0.15) is 6.54 Å². The lowest BCUT2D eigenvalue weighted by molar-refractivity contribution is -0.143. The molecule has 0 radical (unpaired) electrons. The molecule has 0 saturated carbocycles. The number of nitrogens with one attached hydrogen (secondary N) is 2. The van der Waals surface area contributed by atoms with Crippen molar-refractivity contribution < 1.29 is 14.3 Å². The Kier molecular flexibility index (Phi) is 6.32. The summed E-state index contributed by atoms with van der Waals surface area (Å²) in [7, 11) is 0. The molecule has 31 heavy (non-hydrogen) atoms. The molecule has 6 nitrogen and oxygen atoms in total. The first-order valence-corrected chi connectivity index (χ1v) is 11.2. The average Bonchev–Trinajstić information content (AvgIpc) is 3.29. The minimum Gasteiger partial charge on any atom is -0.465 e. The SMILES string of the molecule is CCOC(=O)Cn1cc(/C=C2\S[C@H](Nc3ccc(CC)cc3)NC2=O)c2ccccc21. The molecule has 1 aliphatic rings. The lowest BCUT2D eigenvalue weighted by Crippen LogP contribution is -2.30. The largest absolute Gasteiger partial charge is 0.465 e. The summed E-state index contributed by atoms with van der Waals surface area (Å²) in [6.45, 7) is 4.40. The molecule has 1 atom stereocenters. The summed E-state index contributed by atoms with van der Waals surface area (Å²) in [5.74, 6) is -0.399. The van der Waals surface area contributed by atoms with Crippen molar-refractivity contribution in [2.75, 3.05) is 11.9 Å². The molecule has 0 spiro atoms. The topological polar surface area (TPSA) is 72.4 Å². The molecule has 3 aromatic rings. The Bertz CT molecular complexity index is 1130. The molecule has 2 aromatic carbocycles. The number of esters is 1. The minimum absolute atomic E-state index is 0.116. The van der Waals surface area contributed by atoms with E-state index in [1.165, 1.54) is 17.3 Å². The summed E-state index contributed by atoms with van der Waals surface area (Å²) in [5.41, 5.74) is 3.82. The Balaban J connectivity index is 1.55. The van der Waals surface area contributed by atoms with Crippen molar-refractivity contribution in [2.45, 2.75) is 32.3 Å². The van der Waals surface area contributed by atoms with Gasteiger partial charge in [0, 0.05) is 28.4 Å². The smallest absolute Gasteiger partial charge is 0.325 e. The number of ether oxygens (including phenoxy) is 1. The maximum absolute atomic E-state index is 12.6. The monoisotopic (exact) mass is 435 g/mol. The van der Waals surface area contributed by atoms with E-state index in [9.17, 15) is 9.59 Å². The fourth-order valence-corrected chi connectivity index (χ4v) is 4.54. The third-order valence-corrected chi connectivity index (χ3v) is 6.13. The molecule has 1 aromatic heterocycles. The van der Waals surface area contributed by atoms with E-state index in [-0.39, 0.29) is 23.9 Å². The molecule has 4 rings (SSSR count). The third kappa shape index (κ3) is 4.77. The lowest BCUT2D eigenvalue weighted by atomic mass is 10.1. The van der Waals surface area contributed by atoms with Crippen LogP contribution in [-0.4, -0.2) is 28.5 Å². The maximum atomic E-state index is 12.6. The number of rotatable bonds is 7. The fraction of sp³-hybridized carbons (Fsp3) is 0.250. The number of nitrogens with zero attached hydrogens (tertiary/aromatic N) is 1. The molecule has 1 aliphatic heterocycles. The number of aryl methyl sites for hydroxylation is 1. The van der Waals surface area contributed by atoms with Gasteiger partial charge in [0.25, 0.3) is 5.91 Å². The molecular formula is C24H25N3O3S. The van der Waals surface area contributed by atoms with Gasteiger partial charge in [-0.25, -0.2) is 0 Å². The summed E-state index contributed by atoms with van der Waals surface area (Å²) in [6, 6.07) is 16.0. The van der Waals surface area contributed by atoms with Crippen LogP contribution in [0, 0.1) is 0 Å². The Morgan fingerprint density at radius 3 is 2.71 bits per heavy atom. The summed E-state index contributed by atoms with van der Waals surface area (Å²) >= 11 is 1.45. The second kappa shape index (κ2) is 9.31. The lowest BCUT2D eigenvalue weighted by Gasteiger charge is -2.12. The van der Waals surface area contributed by atoms with Crippen LogP contribution in [0.15, 0.2) is 59.6 Å². The second-order valence-corrected chi connectivity index (χ2v) is 8.36. The van der Waals surface area contributed by atoms with Crippen LogP contribution >= 0.6 is 11.8 Å². The summed E-state index contributed by atoms with van der Waals surface area (Å²) in [5, 5.41) is 7.30. The van der Waals surface area contributed by atoms with E-state index in [0.29, 0.717) is 11.5 Å². The number of fused-ring (bicyclic) bond motifs is 1. The minimum atomic E-state index is -0.284. The number of carbonyl (C=O) groups is 2. The second-order valence-electron chi connectivity index (χ2n) is 7.21. The zero-order valence-electron chi connectivity index (χ0n) is 17.6. The standard InChI is InChI=1S/C24H25N3O3S/c1-3-16-9-11-18(12-10-16)25-24-26-23(29)21(31-24)13-17-14-27(15-22(28)30-4-2)20-8-6-5-7-19(17)20/h5-14,24-25H,3-4,15H2,1-2H3,(H,26,29)/b21-13-/t24-/m1/s1. The van der Waals surface area contributed by atoms with Gasteiger partial charge in [-0.15, -0.1) is 0 Å². The van der Waals surface area contributed by atoms with Gasteiger partial charge in [-0.1, -0.05) is 49.0 Å². The Morgan fingerprint density at radius 1 is 1.19 bits per heavy atom. The van der Waals surface area contributed by atoms with Gasteiger partial charge in [-0.2, -0.15) is 0 Å². The number of carbonyl (C=O) groups excluding carboxylic acids is 2. The number of hydrogen-bond acceptors (Lipinski definition) is 5. The van der Waals surface area contributed by atoms with Crippen LogP contribution in [0.1, 0.15) is 25.0 Å². The van der Waals surface area contributed by atoms with E-state index in [1.54, 1.807) is 6.92 Å². The number of para-hydroxylation sites is 1. The van der Waals surface area contributed by atoms with E-state index >= 15 is 0 Å². The van der Waals surface area contributed by atoms with Crippen LogP contribution in [-0.2, 0) is 27.3 Å². The fourth-order valence-electron chi connectivity index (χ4n) is 3.56. The number of thioether (sulfide) groups is 1. The van der Waals surface area contributed by atoms with Crippen molar-refractivity contribution in [3.05, 3.63) is 70.8 Å². The van der Waals surface area contributed by atoms with Gasteiger partial charge in [0.15, 0.2) is 5.50 Å². The normalized spacial score (nSPS) is 17.2. The Labute approximate surface area is 185 Å². The van der Waals surface area contributed by atoms with Crippen LogP contribution in [0.3, 0.4) is 0 Å². The van der Waals surface area contributed by atoms with Crippen LogP contribution in [0.2, 0.25) is 0 Å². The molecule has 1 fully saturated rings. The van der Waals surface area contributed by atoms with Crippen molar-refractivity contribution in [3.8, 4) is 0 Å². The van der Waals surface area contributed by atoms with Crippen molar-refractivity contribution in [1.82, 2.24) is 9.88 Å². The first kappa shape index (κ1) is 21.1. The van der Waals surface area contributed by atoms with Gasteiger partial charge in [0.05, 0.1) is 11.5 Å². The zero-order chi connectivity index (χ0) is 21.8. The van der Waals surface area contributed by atoms with Crippen LogP contribution in [0.25, 0.3) is 17.0 Å². The molecule has 1 saturated heterocycles. The highest BCUT2D eigenvalue weighted by Crippen LogP contribution is 2.32. The van der Waals surface area contributed by atoms with Gasteiger partial charge < -0.3 is 19.9 Å². The summed E-state index contributed by atoms with van der Waals surface area (Å²) < 4.78 is 6.95. The maximum Gasteiger partial charge on any atom is 0.325 e. The third-order valence-electron chi connectivity index (χ3n) is 5.10. The first-order chi connectivity index (χ1) is 15.1. The zero-order valence-corrected chi connectivity index (χ0v) is 18.4. The molecule has 0 bridgehead atoms. The predicted molar refractivity (Wildman–Crippen MR) is 126 cm³/mol. The van der Waals surface area contributed by atoms with E-state index in [1.807, 2.05) is 53.2 Å². The Morgan fingerprint density at radius 2 is 1.97 bits per heavy atom. The van der Waals surface area contributed by atoms with Crippen LogP contribution in [0.5, 0.6) is 0 Å². The number of aromatic nitrogens is 1. The van der Waals surface area contributed by atoms with Gasteiger partial charge in [0.2, 0.25) is 0 Å². The molecule has 160 valence electrons. The summed E-state index contributed by atoms with van der Waals surface area (Å²) in [6.07, 6.45) is 4.77. The van der Waals surface area contributed by atoms with E-state index < -0.39 is 0 Å². The van der Waals surface area contributed by atoms with E-state index in [4.69, 9.17) is 4.74 Å². The highest BCUT2D eigenvalue weighted by atomic mass is 32.2. The average molecular weight is 436 g/mol. The van der Waals surface area contributed by atoms with Gasteiger partial charge in [-0.05, 0) is 43.2 Å². The van der Waals surface area contributed by atoms with E-state index in [0.717, 1.165) is 28.6 Å². The van der Waals surface area contributed by atoms with Crippen molar-refractivity contribution in [3.63, 3.8) is 0 Å². The van der Waals surface area contributed by atoms with Crippen LogP contribution in [0.4, 0.5) is 5.69 Å². The molecule has 2 N–H and O–H groups in total. The summed E-state index contributed by atoms with van der Waals surface area (Å²) in [4.78, 5) is 25.2. The van der Waals surface area contributed by atoms with E-state index in [2.05, 4.69) is 29.7 Å². The first-order valence-electron chi connectivity index (χ1n) is 10.4. The molecular weight excluding hydrogens is 410 g/mol. The number of anilines is 1. The number of hydrogen-bond donors (Lipinski definition) is 2. The molecule has 0 unspecified atom stereocenters. The van der Waals surface area contributed by atoms with Crippen molar-refractivity contribution in [2.24, 2.45) is 0 Å².